The zero-order chi connectivity index (χ0) is 76.2. The van der Waals surface area contributed by atoms with Crippen LogP contribution in [-0.2, 0) is 0 Å². The summed E-state index contributed by atoms with van der Waals surface area (Å²) >= 11 is 3.58. The molecule has 8 aromatic heterocycles. The van der Waals surface area contributed by atoms with E-state index in [9.17, 15) is 21.0 Å². The molecular formula is C104H50N8O2S2. The third kappa shape index (κ3) is 8.21. The van der Waals surface area contributed by atoms with Gasteiger partial charge >= 0.3 is 0 Å². The van der Waals surface area contributed by atoms with E-state index >= 15 is 0 Å². The van der Waals surface area contributed by atoms with Gasteiger partial charge in [-0.05, 0) is 188 Å². The number of nitriles is 4. The zero-order valence-electron chi connectivity index (χ0n) is 61.1. The van der Waals surface area contributed by atoms with Gasteiger partial charge in [0.05, 0.1) is 99.9 Å². The van der Waals surface area contributed by atoms with Gasteiger partial charge in [0.15, 0.2) is 0 Å². The topological polar surface area (TPSA) is 141 Å². The summed E-state index contributed by atoms with van der Waals surface area (Å²) in [6.07, 6.45) is 0. The third-order valence-corrected chi connectivity index (χ3v) is 27.1. The van der Waals surface area contributed by atoms with Gasteiger partial charge in [0.2, 0.25) is 0 Å². The van der Waals surface area contributed by atoms with Crippen LogP contribution in [0.5, 0.6) is 0 Å². The van der Waals surface area contributed by atoms with Crippen LogP contribution in [-0.4, -0.2) is 18.3 Å². The number of fused-ring (bicyclic) bond motifs is 36. The Morgan fingerprint density at radius 3 is 0.991 bits per heavy atom. The van der Waals surface area contributed by atoms with Gasteiger partial charge in [0.1, 0.15) is 46.6 Å². The fourth-order valence-electron chi connectivity index (χ4n) is 20.0. The molecule has 530 valence electrons. The van der Waals surface area contributed by atoms with E-state index in [2.05, 4.69) is 291 Å². The van der Waals surface area contributed by atoms with E-state index in [4.69, 9.17) is 8.83 Å². The summed E-state index contributed by atoms with van der Waals surface area (Å²) in [4.78, 5) is 0. The van der Waals surface area contributed by atoms with Gasteiger partial charge in [-0.15, -0.1) is 22.7 Å². The maximum atomic E-state index is 11.7. The first-order chi connectivity index (χ1) is 57.4. The van der Waals surface area contributed by atoms with Crippen molar-refractivity contribution in [3.63, 3.8) is 0 Å². The molecule has 18 aromatic carbocycles. The Morgan fingerprint density at radius 1 is 0.216 bits per heavy atom. The average Bonchev–Trinajstić information content (AvgIpc) is 1.55. The first-order valence-corrected chi connectivity index (χ1v) is 40.1. The predicted octanol–water partition coefficient (Wildman–Crippen LogP) is 28.4. The molecule has 0 saturated carbocycles. The molecule has 0 atom stereocenters. The average molecular weight is 1510 g/mol. The second kappa shape index (κ2) is 22.9. The quantitative estimate of drug-likeness (QED) is 0.168. The van der Waals surface area contributed by atoms with Gasteiger partial charge in [-0.2, -0.15) is 21.0 Å². The minimum absolute atomic E-state index is 0.403. The van der Waals surface area contributed by atoms with Crippen molar-refractivity contribution in [2.24, 2.45) is 0 Å². The van der Waals surface area contributed by atoms with E-state index in [0.29, 0.717) is 45.0 Å². The standard InChI is InChI=1S/C104H50N8O2S2/c105-51-61-48-84(62(52-106)47-83(61)109-75-21-9-5-17-69(75)97-79(109)37-33-73-93-65-15-3-1-14-56(65)29-41-87(93)113-103(73)97)110-76-22-10-6-18-70(76)98-80(110)38-34-74-94-67-31-25-57(46-60(67)30-42-88(94)114-104(74)98)58-26-32-68-59(45-58)28-36-78-96(68)102-82(40-44-92-100(102)72-20-8-12-24-90(72)116-92)112(78)86-50-63(53-107)85(49-64(86)54-108)111-77-35-27-55-13-2-4-16-66(55)95(77)101-81(111)39-43-91-99(101)71-19-7-11-23-89(71)115-91/h1-50H. The maximum absolute atomic E-state index is 11.7. The zero-order valence-corrected chi connectivity index (χ0v) is 62.7. The summed E-state index contributed by atoms with van der Waals surface area (Å²) in [5, 5.41) is 71.7. The van der Waals surface area contributed by atoms with Gasteiger partial charge in [-0.25, -0.2) is 0 Å². The molecule has 8 heterocycles. The van der Waals surface area contributed by atoms with Crippen LogP contribution in [0, 0.1) is 45.3 Å². The van der Waals surface area contributed by atoms with E-state index in [0.717, 1.165) is 191 Å². The highest BCUT2D eigenvalue weighted by Gasteiger charge is 2.30. The van der Waals surface area contributed by atoms with Crippen LogP contribution >= 0.6 is 22.7 Å². The lowest BCUT2D eigenvalue weighted by Gasteiger charge is -2.16. The molecular weight excluding hydrogens is 1460 g/mol. The SMILES string of the molecule is N#Cc1cc(-n2c3ccccc3c3c4oc5ccc6cc(-c7ccc8c(ccc9c8c8c%10c(ccc8n9-c8cc(C#N)c(-n9c%11ccc%12ccccc%12c%11c%11c%12c(ccc%119)sc9ccccc9%12)cc8C#N)sc8ccccc8%10)c7)ccc6c5c4ccc32)c(C#N)cc1-n1c2ccccc2c2c3oc4ccc5ccccc5c4c3ccc21. The molecule has 10 nitrogen and oxygen atoms in total. The van der Waals surface area contributed by atoms with Crippen molar-refractivity contribution in [2.45, 2.75) is 0 Å². The molecule has 0 bridgehead atoms. The van der Waals surface area contributed by atoms with Gasteiger partial charge in [-0.1, -0.05) is 170 Å². The molecule has 0 aliphatic rings. The summed E-state index contributed by atoms with van der Waals surface area (Å²) in [6, 6.07) is 117. The largest absolute Gasteiger partial charge is 0.455 e. The van der Waals surface area contributed by atoms with Crippen molar-refractivity contribution >= 4 is 237 Å². The second-order valence-corrected chi connectivity index (χ2v) is 32.6. The van der Waals surface area contributed by atoms with Crippen molar-refractivity contribution in [2.75, 3.05) is 0 Å². The van der Waals surface area contributed by atoms with E-state index in [1.54, 1.807) is 22.7 Å². The molecule has 0 saturated heterocycles. The molecule has 0 aliphatic heterocycles. The third-order valence-electron chi connectivity index (χ3n) is 24.8. The number of benzene rings is 18. The van der Waals surface area contributed by atoms with Crippen molar-refractivity contribution in [3.8, 4) is 58.2 Å². The summed E-state index contributed by atoms with van der Waals surface area (Å²) in [5.41, 5.74) is 16.6. The summed E-state index contributed by atoms with van der Waals surface area (Å²) in [5.74, 6) is 0. The molecule has 0 radical (unpaired) electrons. The minimum atomic E-state index is 0.403. The van der Waals surface area contributed by atoms with Crippen LogP contribution in [0.2, 0.25) is 0 Å². The lowest BCUT2D eigenvalue weighted by molar-refractivity contribution is 0.673. The Morgan fingerprint density at radius 2 is 0.534 bits per heavy atom. The van der Waals surface area contributed by atoms with Gasteiger partial charge < -0.3 is 27.1 Å². The van der Waals surface area contributed by atoms with Crippen molar-refractivity contribution < 1.29 is 8.83 Å². The molecule has 116 heavy (non-hydrogen) atoms. The van der Waals surface area contributed by atoms with Gasteiger partial charge in [0, 0.05) is 94.2 Å². The highest BCUT2D eigenvalue weighted by molar-refractivity contribution is 7.26. The lowest BCUT2D eigenvalue weighted by atomic mass is 9.95. The Balaban J connectivity index is 0.607. The Labute approximate surface area is 664 Å². The highest BCUT2D eigenvalue weighted by Crippen LogP contribution is 2.52. The fraction of sp³-hybridized carbons (Fsp3) is 0. The van der Waals surface area contributed by atoms with E-state index in [1.165, 1.54) is 35.0 Å². The van der Waals surface area contributed by atoms with Crippen LogP contribution in [0.4, 0.5) is 0 Å². The monoisotopic (exact) mass is 1510 g/mol. The van der Waals surface area contributed by atoms with Crippen LogP contribution in [0.3, 0.4) is 0 Å². The van der Waals surface area contributed by atoms with Crippen molar-refractivity contribution in [3.05, 3.63) is 326 Å². The van der Waals surface area contributed by atoms with Crippen LogP contribution in [0.25, 0.3) is 248 Å². The van der Waals surface area contributed by atoms with E-state index < -0.39 is 0 Å². The highest BCUT2D eigenvalue weighted by atomic mass is 32.1. The first kappa shape index (κ1) is 62.9. The second-order valence-electron chi connectivity index (χ2n) is 30.4. The number of hydrogen-bond acceptors (Lipinski definition) is 8. The molecule has 0 unspecified atom stereocenters. The summed E-state index contributed by atoms with van der Waals surface area (Å²) in [7, 11) is 0. The molecule has 12 heteroatoms. The number of thiophene rings is 2. The molecule has 0 fully saturated rings. The molecule has 26 rings (SSSR count). The van der Waals surface area contributed by atoms with Crippen LogP contribution in [0.1, 0.15) is 22.3 Å². The Bertz CT molecular complexity index is 9320. The van der Waals surface area contributed by atoms with Crippen LogP contribution in [0.15, 0.2) is 312 Å². The number of hydrogen-bond donors (Lipinski definition) is 0. The number of rotatable bonds is 5. The van der Waals surface area contributed by atoms with Gasteiger partial charge in [-0.3, -0.25) is 0 Å². The molecule has 0 spiro atoms. The maximum Gasteiger partial charge on any atom is 0.145 e. The Hall–Kier alpha value is -15.8. The minimum Gasteiger partial charge on any atom is -0.455 e. The molecule has 26 aromatic rings. The molecule has 0 aliphatic carbocycles. The van der Waals surface area contributed by atoms with Crippen LogP contribution < -0.4 is 0 Å². The number of nitrogens with zero attached hydrogens (tertiary/aromatic N) is 8. The number of aromatic nitrogens is 4. The Kier molecular flexibility index (Phi) is 12.4. The lowest BCUT2D eigenvalue weighted by Crippen LogP contribution is -2.04. The van der Waals surface area contributed by atoms with Crippen molar-refractivity contribution in [1.82, 2.24) is 18.3 Å². The van der Waals surface area contributed by atoms with Crippen molar-refractivity contribution in [1.29, 1.82) is 21.0 Å². The van der Waals surface area contributed by atoms with E-state index in [1.807, 2.05) is 54.6 Å². The van der Waals surface area contributed by atoms with Gasteiger partial charge in [0.25, 0.3) is 0 Å². The van der Waals surface area contributed by atoms with E-state index in [-0.39, 0.29) is 0 Å². The smallest absolute Gasteiger partial charge is 0.145 e. The summed E-state index contributed by atoms with van der Waals surface area (Å²) < 4.78 is 27.3. The summed E-state index contributed by atoms with van der Waals surface area (Å²) in [6.45, 7) is 0. The number of furan rings is 2. The first-order valence-electron chi connectivity index (χ1n) is 38.5. The number of para-hydroxylation sites is 2. The fourth-order valence-corrected chi connectivity index (χ4v) is 22.3. The normalized spacial score (nSPS) is 12.3. The molecule has 0 N–H and O–H groups in total. The molecule has 0 amide bonds. The predicted molar refractivity (Wildman–Crippen MR) is 478 cm³/mol.